The van der Waals surface area contributed by atoms with Crippen LogP contribution in [0.1, 0.15) is 18.5 Å². The van der Waals surface area contributed by atoms with Crippen molar-refractivity contribution in [1.82, 2.24) is 18.5 Å². The molecule has 2 saturated heterocycles. The van der Waals surface area contributed by atoms with Gasteiger partial charge in [0.15, 0.2) is 0 Å². The largest absolute Gasteiger partial charge is 0.393 e. The zero-order chi connectivity index (χ0) is 17.3. The highest BCUT2D eigenvalue weighted by molar-refractivity contribution is 6.99. The van der Waals surface area contributed by atoms with Gasteiger partial charge in [-0.15, -0.1) is 0 Å². The molecule has 0 saturated carbocycles. The molecule has 0 bridgehead atoms. The van der Waals surface area contributed by atoms with Crippen LogP contribution in [0.2, 0.25) is 0 Å². The lowest BCUT2D eigenvalue weighted by molar-refractivity contribution is -0.186. The summed E-state index contributed by atoms with van der Waals surface area (Å²) in [4.78, 5) is 15.7. The van der Waals surface area contributed by atoms with Crippen LogP contribution in [0.5, 0.6) is 0 Å². The van der Waals surface area contributed by atoms with Crippen LogP contribution in [-0.4, -0.2) is 68.0 Å². The Bertz CT molecular complexity index is 561. The zero-order valence-electron chi connectivity index (χ0n) is 12.9. The summed E-state index contributed by atoms with van der Waals surface area (Å²) in [5.41, 5.74) is 0.620. The molecule has 0 aliphatic carbocycles. The molecule has 1 amide bonds. The lowest BCUT2D eigenvalue weighted by Crippen LogP contribution is -2.46. The maximum absolute atomic E-state index is 13.4. The van der Waals surface area contributed by atoms with Gasteiger partial charge >= 0.3 is 6.18 Å². The van der Waals surface area contributed by atoms with E-state index in [1.54, 1.807) is 4.90 Å². The van der Waals surface area contributed by atoms with E-state index in [4.69, 9.17) is 0 Å². The van der Waals surface area contributed by atoms with E-state index in [1.807, 2.05) is 0 Å². The van der Waals surface area contributed by atoms with Gasteiger partial charge in [-0.3, -0.25) is 9.69 Å². The van der Waals surface area contributed by atoms with Gasteiger partial charge < -0.3 is 10.0 Å². The third kappa shape index (κ3) is 3.86. The molecule has 134 valence electrons. The van der Waals surface area contributed by atoms with Gasteiger partial charge in [0, 0.05) is 32.7 Å². The van der Waals surface area contributed by atoms with E-state index in [0.29, 0.717) is 31.6 Å². The van der Waals surface area contributed by atoms with Crippen molar-refractivity contribution in [1.29, 1.82) is 0 Å². The van der Waals surface area contributed by atoms with Gasteiger partial charge in [-0.2, -0.15) is 21.9 Å². The Hall–Kier alpha value is -1.26. The van der Waals surface area contributed by atoms with Crippen LogP contribution < -0.4 is 0 Å². The molecular weight excluding hydrogens is 345 g/mol. The summed E-state index contributed by atoms with van der Waals surface area (Å²) in [7, 11) is 0. The molecule has 2 aliphatic heterocycles. The first-order valence-electron chi connectivity index (χ1n) is 7.87. The number of carbonyl (C=O) groups is 1. The molecule has 2 fully saturated rings. The number of hydrogen-bond donors (Lipinski definition) is 1. The monoisotopic (exact) mass is 364 g/mol. The highest BCUT2D eigenvalue weighted by atomic mass is 32.1. The molecule has 3 heterocycles. The van der Waals surface area contributed by atoms with Gasteiger partial charge in [-0.25, -0.2) is 0 Å². The van der Waals surface area contributed by atoms with Gasteiger partial charge in [0.05, 0.1) is 41.6 Å². The summed E-state index contributed by atoms with van der Waals surface area (Å²) < 4.78 is 48.0. The summed E-state index contributed by atoms with van der Waals surface area (Å²) in [6.45, 7) is 0.771. The fourth-order valence-electron chi connectivity index (χ4n) is 3.40. The minimum Gasteiger partial charge on any atom is -0.393 e. The van der Waals surface area contributed by atoms with Crippen LogP contribution in [0, 0.1) is 11.8 Å². The Labute approximate surface area is 141 Å². The van der Waals surface area contributed by atoms with Crippen molar-refractivity contribution in [2.45, 2.75) is 31.7 Å². The van der Waals surface area contributed by atoms with E-state index in [2.05, 4.69) is 8.75 Å². The molecule has 3 rings (SSSR count). The quantitative estimate of drug-likeness (QED) is 0.871. The first-order valence-corrected chi connectivity index (χ1v) is 8.60. The Kier molecular flexibility index (Phi) is 5.07. The summed E-state index contributed by atoms with van der Waals surface area (Å²) in [6.07, 6.45) is -2.50. The number of halogens is 3. The average molecular weight is 364 g/mol. The Morgan fingerprint density at radius 1 is 1.33 bits per heavy atom. The number of aliphatic hydroxyl groups excluding tert-OH is 1. The van der Waals surface area contributed by atoms with Crippen molar-refractivity contribution < 1.29 is 23.1 Å². The summed E-state index contributed by atoms with van der Waals surface area (Å²) >= 11 is 1.01. The molecule has 1 aromatic rings. The molecule has 10 heteroatoms. The van der Waals surface area contributed by atoms with Crippen LogP contribution in [0.3, 0.4) is 0 Å². The predicted molar refractivity (Wildman–Crippen MR) is 80.0 cm³/mol. The molecule has 1 aromatic heterocycles. The predicted octanol–water partition coefficient (Wildman–Crippen LogP) is 1.13. The van der Waals surface area contributed by atoms with E-state index in [9.17, 15) is 23.1 Å². The second kappa shape index (κ2) is 6.93. The van der Waals surface area contributed by atoms with Gasteiger partial charge in [0.1, 0.15) is 0 Å². The number of likely N-dealkylation sites (tertiary alicyclic amines) is 2. The zero-order valence-corrected chi connectivity index (χ0v) is 13.8. The van der Waals surface area contributed by atoms with Crippen LogP contribution >= 0.6 is 11.7 Å². The van der Waals surface area contributed by atoms with Gasteiger partial charge in [-0.1, -0.05) is 0 Å². The molecular formula is C14H19F3N4O2S. The fraction of sp³-hybridized carbons (Fsp3) is 0.786. The normalized spacial score (nSPS) is 26.9. The topological polar surface area (TPSA) is 69.6 Å². The van der Waals surface area contributed by atoms with Crippen LogP contribution in [0.4, 0.5) is 13.2 Å². The van der Waals surface area contributed by atoms with Crippen molar-refractivity contribution in [2.24, 2.45) is 11.8 Å². The van der Waals surface area contributed by atoms with Crippen molar-refractivity contribution in [2.75, 3.05) is 26.2 Å². The van der Waals surface area contributed by atoms with Crippen LogP contribution in [0.15, 0.2) is 6.20 Å². The third-order valence-corrected chi connectivity index (χ3v) is 5.22. The molecule has 2 aliphatic rings. The standard InChI is InChI=1S/C14H19F3N4O2S/c15-14(16,17)12-8-20(6-9-5-18-24-19-9)7-11(12)13(23)21-3-1-10(22)2-4-21/h5,10-12,22H,1-4,6-8H2/t11-,12-/m1/s1. The number of aromatic nitrogens is 2. The van der Waals surface area contributed by atoms with Crippen molar-refractivity contribution in [3.63, 3.8) is 0 Å². The van der Waals surface area contributed by atoms with E-state index >= 15 is 0 Å². The molecule has 0 spiro atoms. The number of carbonyl (C=O) groups excluding carboxylic acids is 1. The lowest BCUT2D eigenvalue weighted by Gasteiger charge is -2.33. The second-order valence-corrected chi connectivity index (χ2v) is 6.96. The maximum Gasteiger partial charge on any atom is 0.393 e. The van der Waals surface area contributed by atoms with E-state index in [-0.39, 0.29) is 19.6 Å². The van der Waals surface area contributed by atoms with Crippen molar-refractivity contribution in [3.8, 4) is 0 Å². The smallest absolute Gasteiger partial charge is 0.393 e. The molecule has 6 nitrogen and oxygen atoms in total. The number of aliphatic hydroxyl groups is 1. The molecule has 2 atom stereocenters. The molecule has 0 radical (unpaired) electrons. The van der Waals surface area contributed by atoms with Gasteiger partial charge in [0.2, 0.25) is 5.91 Å². The maximum atomic E-state index is 13.4. The number of rotatable bonds is 3. The molecule has 1 N–H and O–H groups in total. The van der Waals surface area contributed by atoms with Crippen molar-refractivity contribution >= 4 is 17.6 Å². The highest BCUT2D eigenvalue weighted by Gasteiger charge is 2.53. The number of hydrogen-bond acceptors (Lipinski definition) is 6. The number of amides is 1. The van der Waals surface area contributed by atoms with E-state index < -0.39 is 30.0 Å². The van der Waals surface area contributed by atoms with Crippen LogP contribution in [0.25, 0.3) is 0 Å². The number of piperidine rings is 1. The first kappa shape index (κ1) is 17.6. The van der Waals surface area contributed by atoms with Crippen LogP contribution in [-0.2, 0) is 11.3 Å². The minimum absolute atomic E-state index is 0.0690. The Morgan fingerprint density at radius 3 is 2.62 bits per heavy atom. The summed E-state index contributed by atoms with van der Waals surface area (Å²) in [5, 5.41) is 9.50. The Morgan fingerprint density at radius 2 is 2.04 bits per heavy atom. The SMILES string of the molecule is O=C([C@@H]1CN(Cc2cnsn2)C[C@H]1C(F)(F)F)N1CCC(O)CC1. The third-order valence-electron chi connectivity index (χ3n) is 4.70. The van der Waals surface area contributed by atoms with E-state index in [1.165, 1.54) is 11.1 Å². The molecule has 24 heavy (non-hydrogen) atoms. The fourth-order valence-corrected chi connectivity index (χ4v) is 3.83. The average Bonchev–Trinajstić information content (AvgIpc) is 3.17. The van der Waals surface area contributed by atoms with Gasteiger partial charge in [-0.05, 0) is 12.8 Å². The lowest BCUT2D eigenvalue weighted by atomic mass is 9.93. The number of alkyl halides is 3. The second-order valence-electron chi connectivity index (χ2n) is 6.40. The Balaban J connectivity index is 1.70. The summed E-state index contributed by atoms with van der Waals surface area (Å²) in [5.74, 6) is -3.21. The minimum atomic E-state index is -4.41. The molecule has 0 aromatic carbocycles. The first-order chi connectivity index (χ1) is 11.3. The van der Waals surface area contributed by atoms with E-state index in [0.717, 1.165) is 11.7 Å². The summed E-state index contributed by atoms with van der Waals surface area (Å²) in [6, 6.07) is 0. The van der Waals surface area contributed by atoms with Gasteiger partial charge in [0.25, 0.3) is 0 Å². The number of nitrogens with zero attached hydrogens (tertiary/aromatic N) is 4. The highest BCUT2D eigenvalue weighted by Crippen LogP contribution is 2.39. The molecule has 0 unspecified atom stereocenters. The van der Waals surface area contributed by atoms with Crippen molar-refractivity contribution in [3.05, 3.63) is 11.9 Å².